The molecule has 1 aromatic heterocycles. The minimum Gasteiger partial charge on any atom is -0.396 e. The highest BCUT2D eigenvalue weighted by molar-refractivity contribution is 5.80. The van der Waals surface area contributed by atoms with E-state index in [2.05, 4.69) is 53.8 Å². The average molecular weight is 332 g/mol. The number of pyridine rings is 1. The summed E-state index contributed by atoms with van der Waals surface area (Å²) < 4.78 is 0. The standard InChI is InChI=1S/C22H24N2O/c25-16-8-7-15-23-17-20-13-14-21(18-9-3-1-4-10-18)22(24-20)19-11-5-2-6-12-19/h1-6,9-14,23,25H,7-8,15-17H2. The molecule has 0 spiro atoms. The summed E-state index contributed by atoms with van der Waals surface area (Å²) in [6.07, 6.45) is 1.81. The topological polar surface area (TPSA) is 45.1 Å². The van der Waals surface area contributed by atoms with Gasteiger partial charge in [0.05, 0.1) is 11.4 Å². The van der Waals surface area contributed by atoms with Gasteiger partial charge in [0.2, 0.25) is 0 Å². The predicted molar refractivity (Wildman–Crippen MR) is 103 cm³/mol. The van der Waals surface area contributed by atoms with Crippen LogP contribution in [0.1, 0.15) is 18.5 Å². The van der Waals surface area contributed by atoms with Gasteiger partial charge in [-0.15, -0.1) is 0 Å². The van der Waals surface area contributed by atoms with E-state index in [1.54, 1.807) is 0 Å². The molecule has 0 aliphatic heterocycles. The van der Waals surface area contributed by atoms with Crippen LogP contribution in [0.4, 0.5) is 0 Å². The van der Waals surface area contributed by atoms with Crippen molar-refractivity contribution >= 4 is 0 Å². The largest absolute Gasteiger partial charge is 0.396 e. The van der Waals surface area contributed by atoms with Crippen molar-refractivity contribution in [3.63, 3.8) is 0 Å². The third-order valence-electron chi connectivity index (χ3n) is 4.15. The number of benzene rings is 2. The molecule has 0 aliphatic rings. The Morgan fingerprint density at radius 1 is 0.760 bits per heavy atom. The first-order chi connectivity index (χ1) is 12.4. The van der Waals surface area contributed by atoms with Gasteiger partial charge in [0.15, 0.2) is 0 Å². The highest BCUT2D eigenvalue weighted by Gasteiger charge is 2.10. The molecular weight excluding hydrogens is 308 g/mol. The van der Waals surface area contributed by atoms with E-state index < -0.39 is 0 Å². The molecule has 0 unspecified atom stereocenters. The van der Waals surface area contributed by atoms with Crippen molar-refractivity contribution in [3.05, 3.63) is 78.5 Å². The Kier molecular flexibility index (Phi) is 6.32. The Balaban J connectivity index is 1.86. The Hall–Kier alpha value is -2.49. The van der Waals surface area contributed by atoms with Crippen molar-refractivity contribution in [2.75, 3.05) is 13.2 Å². The molecule has 3 nitrogen and oxygen atoms in total. The average Bonchev–Trinajstić information content (AvgIpc) is 2.69. The maximum Gasteiger partial charge on any atom is 0.0784 e. The predicted octanol–water partition coefficient (Wildman–Crippen LogP) is 4.28. The Morgan fingerprint density at radius 3 is 2.12 bits per heavy atom. The highest BCUT2D eigenvalue weighted by Crippen LogP contribution is 2.30. The van der Waals surface area contributed by atoms with Gasteiger partial charge >= 0.3 is 0 Å². The highest BCUT2D eigenvalue weighted by atomic mass is 16.2. The molecule has 0 saturated carbocycles. The zero-order valence-corrected chi connectivity index (χ0v) is 14.4. The Morgan fingerprint density at radius 2 is 1.44 bits per heavy atom. The summed E-state index contributed by atoms with van der Waals surface area (Å²) in [5, 5.41) is 12.2. The molecule has 0 saturated heterocycles. The summed E-state index contributed by atoms with van der Waals surface area (Å²) in [5.41, 5.74) is 5.50. The van der Waals surface area contributed by atoms with E-state index in [0.717, 1.165) is 48.4 Å². The van der Waals surface area contributed by atoms with Gasteiger partial charge in [0.25, 0.3) is 0 Å². The van der Waals surface area contributed by atoms with E-state index in [9.17, 15) is 0 Å². The SMILES string of the molecule is OCCCCNCc1ccc(-c2ccccc2)c(-c2ccccc2)n1. The lowest BCUT2D eigenvalue weighted by molar-refractivity contribution is 0.283. The van der Waals surface area contributed by atoms with E-state index in [-0.39, 0.29) is 6.61 Å². The van der Waals surface area contributed by atoms with Crippen LogP contribution in [0.3, 0.4) is 0 Å². The number of rotatable bonds is 8. The number of aliphatic hydroxyl groups excluding tert-OH is 1. The molecule has 1 heterocycles. The molecule has 0 aliphatic carbocycles. The van der Waals surface area contributed by atoms with Crippen LogP contribution in [-0.2, 0) is 6.54 Å². The van der Waals surface area contributed by atoms with Crippen LogP contribution in [0.25, 0.3) is 22.4 Å². The first-order valence-corrected chi connectivity index (χ1v) is 8.81. The molecule has 0 radical (unpaired) electrons. The number of nitrogens with zero attached hydrogens (tertiary/aromatic N) is 1. The second-order valence-electron chi connectivity index (χ2n) is 6.04. The van der Waals surface area contributed by atoms with Crippen LogP contribution in [0, 0.1) is 0 Å². The summed E-state index contributed by atoms with van der Waals surface area (Å²) in [6, 6.07) is 25.0. The fourth-order valence-electron chi connectivity index (χ4n) is 2.84. The summed E-state index contributed by atoms with van der Waals surface area (Å²) in [6.45, 7) is 1.88. The van der Waals surface area contributed by atoms with Crippen molar-refractivity contribution in [1.82, 2.24) is 10.3 Å². The first-order valence-electron chi connectivity index (χ1n) is 8.81. The van der Waals surface area contributed by atoms with Crippen molar-refractivity contribution in [1.29, 1.82) is 0 Å². The quantitative estimate of drug-likeness (QED) is 0.605. The molecule has 0 fully saturated rings. The molecular formula is C22H24N2O. The van der Waals surface area contributed by atoms with Crippen molar-refractivity contribution in [2.24, 2.45) is 0 Å². The maximum absolute atomic E-state index is 8.84. The summed E-state index contributed by atoms with van der Waals surface area (Å²) in [7, 11) is 0. The molecule has 0 bridgehead atoms. The van der Waals surface area contributed by atoms with Gasteiger partial charge in [0.1, 0.15) is 0 Å². The van der Waals surface area contributed by atoms with Crippen LogP contribution in [0.2, 0.25) is 0 Å². The molecule has 0 amide bonds. The monoisotopic (exact) mass is 332 g/mol. The fourth-order valence-corrected chi connectivity index (χ4v) is 2.84. The molecule has 3 rings (SSSR count). The minimum absolute atomic E-state index is 0.254. The molecule has 2 N–H and O–H groups in total. The van der Waals surface area contributed by atoms with Gasteiger partial charge in [-0.25, -0.2) is 0 Å². The molecule has 25 heavy (non-hydrogen) atoms. The third-order valence-corrected chi connectivity index (χ3v) is 4.15. The molecule has 3 heteroatoms. The van der Waals surface area contributed by atoms with Crippen LogP contribution >= 0.6 is 0 Å². The van der Waals surface area contributed by atoms with E-state index in [0.29, 0.717) is 0 Å². The lowest BCUT2D eigenvalue weighted by atomic mass is 9.99. The smallest absolute Gasteiger partial charge is 0.0784 e. The van der Waals surface area contributed by atoms with Gasteiger partial charge in [-0.1, -0.05) is 66.7 Å². The summed E-state index contributed by atoms with van der Waals surface area (Å²) in [5.74, 6) is 0. The molecule has 3 aromatic rings. The Bertz CT molecular complexity index is 773. The fraction of sp³-hybridized carbons (Fsp3) is 0.227. The lowest BCUT2D eigenvalue weighted by Crippen LogP contribution is -2.16. The van der Waals surface area contributed by atoms with Gasteiger partial charge in [-0.05, 0) is 31.0 Å². The summed E-state index contributed by atoms with van der Waals surface area (Å²) >= 11 is 0. The zero-order chi connectivity index (χ0) is 17.3. The number of unbranched alkanes of at least 4 members (excludes halogenated alkanes) is 1. The van der Waals surface area contributed by atoms with Gasteiger partial charge in [-0.2, -0.15) is 0 Å². The molecule has 2 aromatic carbocycles. The normalized spacial score (nSPS) is 10.8. The minimum atomic E-state index is 0.254. The molecule has 0 atom stereocenters. The number of aromatic nitrogens is 1. The molecule has 128 valence electrons. The van der Waals surface area contributed by atoms with E-state index >= 15 is 0 Å². The van der Waals surface area contributed by atoms with E-state index in [4.69, 9.17) is 10.1 Å². The third kappa shape index (κ3) is 4.75. The van der Waals surface area contributed by atoms with Crippen molar-refractivity contribution in [2.45, 2.75) is 19.4 Å². The second-order valence-corrected chi connectivity index (χ2v) is 6.04. The first kappa shape index (κ1) is 17.3. The maximum atomic E-state index is 8.84. The zero-order valence-electron chi connectivity index (χ0n) is 14.4. The van der Waals surface area contributed by atoms with Crippen molar-refractivity contribution < 1.29 is 5.11 Å². The number of aliphatic hydroxyl groups is 1. The Labute approximate surface area is 149 Å². The lowest BCUT2D eigenvalue weighted by Gasteiger charge is -2.12. The van der Waals surface area contributed by atoms with Gasteiger partial charge in [-0.3, -0.25) is 4.98 Å². The second kappa shape index (κ2) is 9.11. The summed E-state index contributed by atoms with van der Waals surface area (Å²) in [4.78, 5) is 4.93. The van der Waals surface area contributed by atoms with Crippen LogP contribution in [0.5, 0.6) is 0 Å². The van der Waals surface area contributed by atoms with Crippen molar-refractivity contribution in [3.8, 4) is 22.4 Å². The van der Waals surface area contributed by atoms with E-state index in [1.165, 1.54) is 5.56 Å². The van der Waals surface area contributed by atoms with Gasteiger partial charge in [0, 0.05) is 24.3 Å². The number of nitrogens with one attached hydrogen (secondary N) is 1. The van der Waals surface area contributed by atoms with Gasteiger partial charge < -0.3 is 10.4 Å². The van der Waals surface area contributed by atoms with Crippen LogP contribution < -0.4 is 5.32 Å². The number of hydrogen-bond donors (Lipinski definition) is 2. The van der Waals surface area contributed by atoms with Crippen LogP contribution in [-0.4, -0.2) is 23.2 Å². The van der Waals surface area contributed by atoms with Crippen LogP contribution in [0.15, 0.2) is 72.8 Å². The van der Waals surface area contributed by atoms with E-state index in [1.807, 2.05) is 24.3 Å². The number of hydrogen-bond acceptors (Lipinski definition) is 3.